The van der Waals surface area contributed by atoms with Crippen molar-refractivity contribution in [3.8, 4) is 0 Å². The van der Waals surface area contributed by atoms with Gasteiger partial charge < -0.3 is 5.11 Å². The van der Waals surface area contributed by atoms with Crippen LogP contribution in [0.15, 0.2) is 24.3 Å². The maximum absolute atomic E-state index is 11.9. The molecule has 0 aliphatic heterocycles. The molecule has 0 amide bonds. The zero-order valence-corrected chi connectivity index (χ0v) is 10.00. The number of halogens is 1. The van der Waals surface area contributed by atoms with E-state index in [1.807, 2.05) is 6.92 Å². The second-order valence-corrected chi connectivity index (χ2v) is 4.93. The molecule has 1 fully saturated rings. The van der Waals surface area contributed by atoms with Crippen molar-refractivity contribution >= 4 is 17.4 Å². The summed E-state index contributed by atoms with van der Waals surface area (Å²) in [4.78, 5) is 11.9. The topological polar surface area (TPSA) is 37.3 Å². The fraction of sp³-hybridized carbons (Fsp3) is 0.462. The lowest BCUT2D eigenvalue weighted by Gasteiger charge is -2.06. The Hall–Kier alpha value is -0.860. The van der Waals surface area contributed by atoms with E-state index >= 15 is 0 Å². The van der Waals surface area contributed by atoms with Gasteiger partial charge in [0.2, 0.25) is 0 Å². The maximum atomic E-state index is 11.9. The molecule has 1 saturated carbocycles. The summed E-state index contributed by atoms with van der Waals surface area (Å²) < 4.78 is 0. The minimum absolute atomic E-state index is 0.0889. The number of rotatable bonds is 4. The highest BCUT2D eigenvalue weighted by Crippen LogP contribution is 2.48. The lowest BCUT2D eigenvalue weighted by Crippen LogP contribution is -2.11. The van der Waals surface area contributed by atoms with Crippen LogP contribution in [0.2, 0.25) is 5.02 Å². The highest BCUT2D eigenvalue weighted by molar-refractivity contribution is 6.30. The summed E-state index contributed by atoms with van der Waals surface area (Å²) >= 11 is 5.75. The van der Waals surface area contributed by atoms with Crippen molar-refractivity contribution in [2.75, 3.05) is 0 Å². The summed E-state index contributed by atoms with van der Waals surface area (Å²) in [5.41, 5.74) is 0.0944. The predicted octanol–water partition coefficient (Wildman–Crippen LogP) is 3.07. The molecule has 1 aliphatic carbocycles. The normalized spacial score (nSPS) is 27.8. The van der Waals surface area contributed by atoms with Crippen LogP contribution in [0.25, 0.3) is 0 Å². The monoisotopic (exact) mass is 238 g/mol. The minimum Gasteiger partial charge on any atom is -0.390 e. The highest BCUT2D eigenvalue weighted by atomic mass is 35.5. The van der Waals surface area contributed by atoms with Crippen molar-refractivity contribution < 1.29 is 9.90 Å². The van der Waals surface area contributed by atoms with E-state index in [1.54, 1.807) is 24.3 Å². The molecule has 0 saturated heterocycles. The molecule has 3 heteroatoms. The average Bonchev–Trinajstić information content (AvgIpc) is 2.91. The van der Waals surface area contributed by atoms with Crippen LogP contribution in [0, 0.1) is 5.92 Å². The predicted molar refractivity (Wildman–Crippen MR) is 63.7 cm³/mol. The first-order chi connectivity index (χ1) is 7.55. The second kappa shape index (κ2) is 4.19. The van der Waals surface area contributed by atoms with Gasteiger partial charge in [-0.25, -0.2) is 0 Å². The Bertz CT molecular complexity index is 399. The first kappa shape index (κ1) is 11.6. The van der Waals surface area contributed by atoms with Crippen molar-refractivity contribution in [3.63, 3.8) is 0 Å². The van der Waals surface area contributed by atoms with Gasteiger partial charge in [-0.15, -0.1) is 0 Å². The van der Waals surface area contributed by atoms with Gasteiger partial charge in [-0.2, -0.15) is 0 Å². The molecular formula is C13H15ClO2. The molecule has 1 aromatic rings. The van der Waals surface area contributed by atoms with Gasteiger partial charge in [-0.1, -0.05) is 18.5 Å². The summed E-state index contributed by atoms with van der Waals surface area (Å²) in [5, 5.41) is 10.5. The lowest BCUT2D eigenvalue weighted by molar-refractivity contribution is 0.0917. The summed E-state index contributed by atoms with van der Waals surface area (Å²) in [7, 11) is 0. The van der Waals surface area contributed by atoms with E-state index in [1.165, 1.54) is 0 Å². The van der Waals surface area contributed by atoms with Gasteiger partial charge in [0.25, 0.3) is 0 Å². The number of carbonyl (C=O) groups excluding carboxylic acids is 1. The molecule has 0 radical (unpaired) electrons. The van der Waals surface area contributed by atoms with E-state index in [2.05, 4.69) is 0 Å². The molecule has 0 bridgehead atoms. The molecule has 16 heavy (non-hydrogen) atoms. The maximum Gasteiger partial charge on any atom is 0.163 e. The van der Waals surface area contributed by atoms with E-state index in [0.29, 0.717) is 17.0 Å². The Morgan fingerprint density at radius 2 is 2.12 bits per heavy atom. The van der Waals surface area contributed by atoms with Gasteiger partial charge in [0.15, 0.2) is 5.78 Å². The van der Waals surface area contributed by atoms with Gasteiger partial charge in [-0.05, 0) is 43.0 Å². The Kier molecular flexibility index (Phi) is 3.04. The van der Waals surface area contributed by atoms with Crippen LogP contribution in [0.3, 0.4) is 0 Å². The number of benzene rings is 1. The number of ketones is 1. The summed E-state index contributed by atoms with van der Waals surface area (Å²) in [6.07, 6.45) is 1.92. The quantitative estimate of drug-likeness (QED) is 0.819. The first-order valence-electron chi connectivity index (χ1n) is 5.56. The van der Waals surface area contributed by atoms with Crippen molar-refractivity contribution in [1.29, 1.82) is 0 Å². The van der Waals surface area contributed by atoms with E-state index in [-0.39, 0.29) is 11.7 Å². The highest BCUT2D eigenvalue weighted by Gasteiger charge is 2.51. The molecule has 2 nitrogen and oxygen atoms in total. The summed E-state index contributed by atoms with van der Waals surface area (Å²) in [6.45, 7) is 1.95. The molecular weight excluding hydrogens is 224 g/mol. The molecule has 0 spiro atoms. The molecule has 86 valence electrons. The largest absolute Gasteiger partial charge is 0.390 e. The molecule has 0 heterocycles. The third-order valence-corrected chi connectivity index (χ3v) is 3.66. The van der Waals surface area contributed by atoms with Crippen molar-refractivity contribution in [2.45, 2.75) is 31.8 Å². The van der Waals surface area contributed by atoms with Crippen molar-refractivity contribution in [2.24, 2.45) is 5.92 Å². The molecule has 1 aromatic carbocycles. The van der Waals surface area contributed by atoms with Gasteiger partial charge in [-0.3, -0.25) is 4.79 Å². The second-order valence-electron chi connectivity index (χ2n) is 4.49. The lowest BCUT2D eigenvalue weighted by atomic mass is 10.0. The third kappa shape index (κ3) is 2.28. The first-order valence-corrected chi connectivity index (χ1v) is 5.94. The average molecular weight is 239 g/mol. The van der Waals surface area contributed by atoms with Crippen LogP contribution < -0.4 is 0 Å². The van der Waals surface area contributed by atoms with E-state index in [9.17, 15) is 9.90 Å². The number of hydrogen-bond acceptors (Lipinski definition) is 2. The molecule has 1 N–H and O–H groups in total. The number of hydrogen-bond donors (Lipinski definition) is 1. The van der Waals surface area contributed by atoms with E-state index < -0.39 is 5.60 Å². The Labute approximate surface area is 100 Å². The summed E-state index contributed by atoms with van der Waals surface area (Å²) in [6, 6.07) is 6.90. The fourth-order valence-electron chi connectivity index (χ4n) is 2.04. The van der Waals surface area contributed by atoms with Crippen LogP contribution in [-0.4, -0.2) is 16.5 Å². The SMILES string of the molecule is CC[C@@]1(O)C[C@@H]1CC(=O)c1ccc(Cl)cc1. The van der Waals surface area contributed by atoms with Crippen LogP contribution in [0.1, 0.15) is 36.5 Å². The Morgan fingerprint density at radius 1 is 1.50 bits per heavy atom. The van der Waals surface area contributed by atoms with Crippen molar-refractivity contribution in [1.82, 2.24) is 0 Å². The molecule has 0 unspecified atom stereocenters. The van der Waals surface area contributed by atoms with E-state index in [4.69, 9.17) is 11.6 Å². The summed E-state index contributed by atoms with van der Waals surface area (Å²) in [5.74, 6) is 0.228. The van der Waals surface area contributed by atoms with Gasteiger partial charge in [0.05, 0.1) is 5.60 Å². The molecule has 1 aliphatic rings. The van der Waals surface area contributed by atoms with Crippen molar-refractivity contribution in [3.05, 3.63) is 34.9 Å². The fourth-order valence-corrected chi connectivity index (χ4v) is 2.17. The smallest absolute Gasteiger partial charge is 0.163 e. The Balaban J connectivity index is 1.97. The molecule has 0 aromatic heterocycles. The van der Waals surface area contributed by atoms with E-state index in [0.717, 1.165) is 12.8 Å². The van der Waals surface area contributed by atoms with Crippen LogP contribution in [0.5, 0.6) is 0 Å². The molecule has 2 atom stereocenters. The third-order valence-electron chi connectivity index (χ3n) is 3.41. The van der Waals surface area contributed by atoms with Gasteiger partial charge >= 0.3 is 0 Å². The van der Waals surface area contributed by atoms with Crippen LogP contribution >= 0.6 is 11.6 Å². The van der Waals surface area contributed by atoms with Gasteiger partial charge in [0.1, 0.15) is 0 Å². The number of carbonyl (C=O) groups is 1. The zero-order chi connectivity index (χ0) is 11.8. The van der Waals surface area contributed by atoms with Gasteiger partial charge in [0, 0.05) is 17.0 Å². The number of Topliss-reactive ketones (excluding diaryl/α,β-unsaturated/α-hetero) is 1. The standard InChI is InChI=1S/C13H15ClO2/c1-2-13(16)8-10(13)7-12(15)9-3-5-11(14)6-4-9/h3-6,10,16H,2,7-8H2,1H3/t10-,13+/m0/s1. The van der Waals surface area contributed by atoms with Crippen LogP contribution in [-0.2, 0) is 0 Å². The Morgan fingerprint density at radius 3 is 2.62 bits per heavy atom. The zero-order valence-electron chi connectivity index (χ0n) is 9.24. The minimum atomic E-state index is -0.581. The van der Waals surface area contributed by atoms with Crippen LogP contribution in [0.4, 0.5) is 0 Å². The number of aliphatic hydroxyl groups is 1. The molecule has 2 rings (SSSR count).